The van der Waals surface area contributed by atoms with Crippen LogP contribution in [0.4, 0.5) is 10.1 Å². The summed E-state index contributed by atoms with van der Waals surface area (Å²) < 4.78 is 32.0. The number of hydrogen-bond donors (Lipinski definition) is 1. The van der Waals surface area contributed by atoms with Crippen molar-refractivity contribution in [2.45, 2.75) is 6.54 Å². The first-order chi connectivity index (χ1) is 14.6. The SMILES string of the molecule is COc1ccc2c(c1)c(OCCOc1ccc(N)cc1)nn2Cc1ccc(F)cc1. The van der Waals surface area contributed by atoms with Crippen LogP contribution in [0, 0.1) is 5.82 Å². The van der Waals surface area contributed by atoms with Gasteiger partial charge in [0.1, 0.15) is 30.5 Å². The molecule has 30 heavy (non-hydrogen) atoms. The molecule has 0 aliphatic carbocycles. The van der Waals surface area contributed by atoms with Crippen molar-refractivity contribution in [2.24, 2.45) is 0 Å². The van der Waals surface area contributed by atoms with Crippen molar-refractivity contribution in [3.05, 3.63) is 78.1 Å². The smallest absolute Gasteiger partial charge is 0.241 e. The van der Waals surface area contributed by atoms with Crippen LogP contribution in [0.5, 0.6) is 17.4 Å². The van der Waals surface area contributed by atoms with Crippen molar-refractivity contribution < 1.29 is 18.6 Å². The van der Waals surface area contributed by atoms with Crippen molar-refractivity contribution >= 4 is 16.6 Å². The van der Waals surface area contributed by atoms with Gasteiger partial charge < -0.3 is 19.9 Å². The number of benzene rings is 3. The zero-order valence-electron chi connectivity index (χ0n) is 16.5. The molecular weight excluding hydrogens is 385 g/mol. The predicted molar refractivity (Wildman–Crippen MR) is 114 cm³/mol. The molecule has 4 rings (SSSR count). The van der Waals surface area contributed by atoms with Gasteiger partial charge in [-0.3, -0.25) is 4.68 Å². The Bertz CT molecular complexity index is 1130. The van der Waals surface area contributed by atoms with Gasteiger partial charge in [0, 0.05) is 5.69 Å². The topological polar surface area (TPSA) is 71.5 Å². The van der Waals surface area contributed by atoms with Crippen molar-refractivity contribution in [1.82, 2.24) is 9.78 Å². The van der Waals surface area contributed by atoms with E-state index >= 15 is 0 Å². The summed E-state index contributed by atoms with van der Waals surface area (Å²) in [6, 6.07) is 19.3. The number of nitrogen functional groups attached to an aromatic ring is 1. The van der Waals surface area contributed by atoms with E-state index in [1.807, 2.05) is 35.0 Å². The van der Waals surface area contributed by atoms with Crippen molar-refractivity contribution in [2.75, 3.05) is 26.1 Å². The highest BCUT2D eigenvalue weighted by Crippen LogP contribution is 2.29. The monoisotopic (exact) mass is 407 g/mol. The van der Waals surface area contributed by atoms with Crippen LogP contribution in [-0.2, 0) is 6.54 Å². The molecule has 6 nitrogen and oxygen atoms in total. The van der Waals surface area contributed by atoms with E-state index < -0.39 is 0 Å². The van der Waals surface area contributed by atoms with Crippen LogP contribution in [-0.4, -0.2) is 30.1 Å². The number of methoxy groups -OCH3 is 1. The molecule has 1 heterocycles. The Hall–Kier alpha value is -3.74. The lowest BCUT2D eigenvalue weighted by Crippen LogP contribution is -2.10. The molecule has 0 bridgehead atoms. The molecule has 0 fully saturated rings. The van der Waals surface area contributed by atoms with Gasteiger partial charge in [0.05, 0.1) is 24.6 Å². The Morgan fingerprint density at radius 1 is 0.900 bits per heavy atom. The number of rotatable bonds is 8. The Morgan fingerprint density at radius 2 is 1.60 bits per heavy atom. The normalized spacial score (nSPS) is 10.9. The van der Waals surface area contributed by atoms with Gasteiger partial charge in [-0.2, -0.15) is 0 Å². The highest BCUT2D eigenvalue weighted by molar-refractivity contribution is 5.86. The predicted octanol–water partition coefficient (Wildman–Crippen LogP) is 4.27. The highest BCUT2D eigenvalue weighted by Gasteiger charge is 2.13. The molecule has 0 saturated heterocycles. The summed E-state index contributed by atoms with van der Waals surface area (Å²) >= 11 is 0. The van der Waals surface area contributed by atoms with Crippen LogP contribution < -0.4 is 19.9 Å². The number of nitrogens with two attached hydrogens (primary N) is 1. The van der Waals surface area contributed by atoms with Crippen LogP contribution in [0.15, 0.2) is 66.7 Å². The molecule has 0 spiro atoms. The van der Waals surface area contributed by atoms with Gasteiger partial charge in [-0.05, 0) is 60.2 Å². The number of nitrogens with zero attached hydrogens (tertiary/aromatic N) is 2. The second-order valence-corrected chi connectivity index (χ2v) is 6.74. The summed E-state index contributed by atoms with van der Waals surface area (Å²) in [6.07, 6.45) is 0. The second kappa shape index (κ2) is 8.73. The summed E-state index contributed by atoms with van der Waals surface area (Å²) in [5, 5.41) is 5.45. The summed E-state index contributed by atoms with van der Waals surface area (Å²) in [5.41, 5.74) is 8.20. The number of hydrogen-bond acceptors (Lipinski definition) is 5. The average molecular weight is 407 g/mol. The maximum atomic E-state index is 13.2. The summed E-state index contributed by atoms with van der Waals surface area (Å²) in [5.74, 6) is 1.67. The first kappa shape index (κ1) is 19.6. The molecular formula is C23H22FN3O3. The second-order valence-electron chi connectivity index (χ2n) is 6.74. The minimum atomic E-state index is -0.265. The van der Waals surface area contributed by atoms with Crippen LogP contribution in [0.2, 0.25) is 0 Å². The van der Waals surface area contributed by atoms with Gasteiger partial charge >= 0.3 is 0 Å². The van der Waals surface area contributed by atoms with Gasteiger partial charge in [0.25, 0.3) is 0 Å². The lowest BCUT2D eigenvalue weighted by Gasteiger charge is -2.07. The van der Waals surface area contributed by atoms with Gasteiger partial charge in [0.15, 0.2) is 0 Å². The van der Waals surface area contributed by atoms with Crippen molar-refractivity contribution in [3.63, 3.8) is 0 Å². The third-order valence-corrected chi connectivity index (χ3v) is 4.64. The average Bonchev–Trinajstić information content (AvgIpc) is 3.10. The molecule has 7 heteroatoms. The van der Waals surface area contributed by atoms with Crippen LogP contribution >= 0.6 is 0 Å². The number of anilines is 1. The zero-order valence-corrected chi connectivity index (χ0v) is 16.5. The quantitative estimate of drug-likeness (QED) is 0.349. The van der Waals surface area contributed by atoms with E-state index in [0.29, 0.717) is 37.1 Å². The first-order valence-electron chi connectivity index (χ1n) is 9.52. The number of aromatic nitrogens is 2. The molecule has 0 aliphatic rings. The molecule has 0 radical (unpaired) electrons. The maximum absolute atomic E-state index is 13.2. The van der Waals surface area contributed by atoms with E-state index in [9.17, 15) is 4.39 Å². The van der Waals surface area contributed by atoms with Crippen molar-refractivity contribution in [1.29, 1.82) is 0 Å². The molecule has 0 unspecified atom stereocenters. The molecule has 4 aromatic rings. The van der Waals surface area contributed by atoms with E-state index in [1.165, 1.54) is 12.1 Å². The van der Waals surface area contributed by atoms with E-state index in [1.54, 1.807) is 31.4 Å². The lowest BCUT2D eigenvalue weighted by atomic mass is 10.2. The Labute approximate surface area is 173 Å². The third-order valence-electron chi connectivity index (χ3n) is 4.64. The first-order valence-corrected chi connectivity index (χ1v) is 9.52. The molecule has 2 N–H and O–H groups in total. The standard InChI is InChI=1S/C23H22FN3O3/c1-28-20-10-11-22-21(14-20)23(26-27(22)15-16-2-4-17(24)5-3-16)30-13-12-29-19-8-6-18(25)7-9-19/h2-11,14H,12-13,15,25H2,1H3. The van der Waals surface area contributed by atoms with Gasteiger partial charge in [-0.25, -0.2) is 4.39 Å². The van der Waals surface area contributed by atoms with E-state index in [-0.39, 0.29) is 5.82 Å². The lowest BCUT2D eigenvalue weighted by molar-refractivity contribution is 0.212. The molecule has 0 aliphatic heterocycles. The van der Waals surface area contributed by atoms with Crippen LogP contribution in [0.3, 0.4) is 0 Å². The van der Waals surface area contributed by atoms with Gasteiger partial charge in [-0.15, -0.1) is 5.10 Å². The minimum Gasteiger partial charge on any atom is -0.497 e. The fourth-order valence-electron chi connectivity index (χ4n) is 3.11. The molecule has 0 atom stereocenters. The Morgan fingerprint density at radius 3 is 2.33 bits per heavy atom. The van der Waals surface area contributed by atoms with E-state index in [0.717, 1.165) is 22.2 Å². The number of halogens is 1. The van der Waals surface area contributed by atoms with Crippen LogP contribution in [0.1, 0.15) is 5.56 Å². The van der Waals surface area contributed by atoms with Gasteiger partial charge in [0.2, 0.25) is 5.88 Å². The number of fused-ring (bicyclic) bond motifs is 1. The fourth-order valence-corrected chi connectivity index (χ4v) is 3.11. The molecule has 0 amide bonds. The Balaban J connectivity index is 1.50. The third kappa shape index (κ3) is 4.46. The Kier molecular flexibility index (Phi) is 5.70. The van der Waals surface area contributed by atoms with Crippen molar-refractivity contribution in [3.8, 4) is 17.4 Å². The number of ether oxygens (including phenoxy) is 3. The molecule has 3 aromatic carbocycles. The molecule has 154 valence electrons. The minimum absolute atomic E-state index is 0.265. The van der Waals surface area contributed by atoms with Gasteiger partial charge in [-0.1, -0.05) is 12.1 Å². The highest BCUT2D eigenvalue weighted by atomic mass is 19.1. The zero-order chi connectivity index (χ0) is 20.9. The molecule has 1 aromatic heterocycles. The summed E-state index contributed by atoms with van der Waals surface area (Å²) in [4.78, 5) is 0. The van der Waals surface area contributed by atoms with E-state index in [4.69, 9.17) is 19.9 Å². The maximum Gasteiger partial charge on any atom is 0.241 e. The largest absolute Gasteiger partial charge is 0.497 e. The summed E-state index contributed by atoms with van der Waals surface area (Å²) in [6.45, 7) is 1.18. The van der Waals surface area contributed by atoms with E-state index in [2.05, 4.69) is 5.10 Å². The molecule has 0 saturated carbocycles. The fraction of sp³-hybridized carbons (Fsp3) is 0.174. The van der Waals surface area contributed by atoms with Crippen LogP contribution in [0.25, 0.3) is 10.9 Å². The summed E-state index contributed by atoms with van der Waals surface area (Å²) in [7, 11) is 1.62.